The molecule has 2 aliphatic rings. The van der Waals surface area contributed by atoms with Crippen molar-refractivity contribution in [3.63, 3.8) is 0 Å². The number of hydrogen-bond donors (Lipinski definition) is 2. The summed E-state index contributed by atoms with van der Waals surface area (Å²) in [5, 5.41) is 6.49. The van der Waals surface area contributed by atoms with E-state index in [9.17, 15) is 4.79 Å². The number of nitrogens with zero attached hydrogens (tertiary/aromatic N) is 2. The molecule has 2 rings (SSSR count). The normalized spacial score (nSPS) is 22.6. The number of aliphatic imine (C=N–C) groups is 1. The molecule has 0 aromatic rings. The molecule has 2 N–H and O–H groups in total. The lowest BCUT2D eigenvalue weighted by Crippen LogP contribution is -2.55. The monoisotopic (exact) mass is 554 g/mol. The average Bonchev–Trinajstić information content (AvgIpc) is 3.24. The lowest BCUT2D eigenvalue weighted by molar-refractivity contribution is -0.0817. The van der Waals surface area contributed by atoms with Crippen LogP contribution in [0.5, 0.6) is 0 Å². The molecule has 0 spiro atoms. The molecule has 2 fully saturated rings. The Kier molecular flexibility index (Phi) is 11.9. The largest absolute Gasteiger partial charge is 0.444 e. The van der Waals surface area contributed by atoms with Gasteiger partial charge in [0.1, 0.15) is 11.7 Å². The number of guanidine groups is 1. The van der Waals surface area contributed by atoms with Gasteiger partial charge in [-0.05, 0) is 53.4 Å². The molecular weight excluding hydrogens is 511 g/mol. The maximum atomic E-state index is 12.4. The van der Waals surface area contributed by atoms with Crippen molar-refractivity contribution in [2.75, 3.05) is 39.4 Å². The zero-order chi connectivity index (χ0) is 22.2. The second kappa shape index (κ2) is 13.0. The molecular formula is C22H43IN4O4. The Morgan fingerprint density at radius 3 is 2.35 bits per heavy atom. The highest BCUT2D eigenvalue weighted by Gasteiger charge is 2.34. The third kappa shape index (κ3) is 8.92. The van der Waals surface area contributed by atoms with Gasteiger partial charge in [0, 0.05) is 26.2 Å². The summed E-state index contributed by atoms with van der Waals surface area (Å²) in [6.07, 6.45) is 3.56. The molecule has 31 heavy (non-hydrogen) atoms. The smallest absolute Gasteiger partial charge is 0.408 e. The van der Waals surface area contributed by atoms with E-state index in [1.54, 1.807) is 0 Å². The van der Waals surface area contributed by atoms with Gasteiger partial charge in [0.15, 0.2) is 5.96 Å². The third-order valence-electron chi connectivity index (χ3n) is 5.76. The molecule has 8 nitrogen and oxygen atoms in total. The van der Waals surface area contributed by atoms with Gasteiger partial charge >= 0.3 is 6.09 Å². The maximum Gasteiger partial charge on any atom is 0.408 e. The Morgan fingerprint density at radius 1 is 1.13 bits per heavy atom. The van der Waals surface area contributed by atoms with Crippen molar-refractivity contribution in [2.45, 2.75) is 90.6 Å². The lowest BCUT2D eigenvalue weighted by atomic mass is 9.93. The molecule has 1 amide bonds. The number of alkyl carbamates (subject to hydrolysis) is 1. The number of carbonyl (C=O) groups is 1. The molecule has 182 valence electrons. The summed E-state index contributed by atoms with van der Waals surface area (Å²) >= 11 is 0. The van der Waals surface area contributed by atoms with Crippen LogP contribution < -0.4 is 10.6 Å². The Morgan fingerprint density at radius 2 is 1.81 bits per heavy atom. The first-order valence-corrected chi connectivity index (χ1v) is 11.5. The molecule has 0 aromatic heterocycles. The number of amides is 1. The number of carbonyl (C=O) groups excluding carboxylic acids is 1. The molecule has 2 unspecified atom stereocenters. The summed E-state index contributed by atoms with van der Waals surface area (Å²) in [7, 11) is 0. The predicted octanol–water partition coefficient (Wildman–Crippen LogP) is 3.53. The summed E-state index contributed by atoms with van der Waals surface area (Å²) < 4.78 is 17.3. The number of hydrogen-bond acceptors (Lipinski definition) is 5. The topological polar surface area (TPSA) is 84.4 Å². The third-order valence-corrected chi connectivity index (χ3v) is 5.76. The van der Waals surface area contributed by atoms with E-state index in [0.717, 1.165) is 57.9 Å². The van der Waals surface area contributed by atoms with E-state index in [0.29, 0.717) is 13.2 Å². The second-order valence-corrected chi connectivity index (χ2v) is 9.19. The Balaban J connectivity index is 0.00000480. The van der Waals surface area contributed by atoms with E-state index in [1.807, 2.05) is 20.8 Å². The number of rotatable bonds is 7. The van der Waals surface area contributed by atoms with Crippen molar-refractivity contribution in [1.82, 2.24) is 15.5 Å². The molecule has 2 atom stereocenters. The zero-order valence-corrected chi connectivity index (χ0v) is 22.5. The molecule has 2 heterocycles. The summed E-state index contributed by atoms with van der Waals surface area (Å²) in [5.41, 5.74) is -0.968. The molecule has 0 aliphatic carbocycles. The highest BCUT2D eigenvalue weighted by atomic mass is 127. The molecule has 9 heteroatoms. The average molecular weight is 555 g/mol. The van der Waals surface area contributed by atoms with Gasteiger partial charge in [0.05, 0.1) is 24.8 Å². The van der Waals surface area contributed by atoms with E-state index >= 15 is 0 Å². The molecule has 0 saturated carbocycles. The van der Waals surface area contributed by atoms with Crippen LogP contribution in [0.4, 0.5) is 4.79 Å². The first-order chi connectivity index (χ1) is 14.2. The van der Waals surface area contributed by atoms with Crippen molar-refractivity contribution in [3.05, 3.63) is 0 Å². The standard InChI is InChI=1S/C22H42N4O4.HI/c1-7-22(8-2,25-20(27)30-21(4,5)6)16-24-19(23-9-3)26-12-14-29-18(15-26)17-11-10-13-28-17;/h17-18H,7-16H2,1-6H3,(H,23,24)(H,25,27);1H. The molecule has 2 aliphatic heterocycles. The fourth-order valence-electron chi connectivity index (χ4n) is 3.85. The van der Waals surface area contributed by atoms with Crippen molar-refractivity contribution in [1.29, 1.82) is 0 Å². The summed E-state index contributed by atoms with van der Waals surface area (Å²) in [4.78, 5) is 19.6. The predicted molar refractivity (Wildman–Crippen MR) is 134 cm³/mol. The first-order valence-electron chi connectivity index (χ1n) is 11.5. The molecule has 0 aromatic carbocycles. The van der Waals surface area contributed by atoms with Crippen LogP contribution in [-0.4, -0.2) is 79.7 Å². The number of nitrogens with one attached hydrogen (secondary N) is 2. The number of morpholine rings is 1. The lowest BCUT2D eigenvalue weighted by Gasteiger charge is -2.38. The number of ether oxygens (including phenoxy) is 3. The van der Waals surface area contributed by atoms with E-state index in [4.69, 9.17) is 19.2 Å². The minimum Gasteiger partial charge on any atom is -0.444 e. The number of halogens is 1. The van der Waals surface area contributed by atoms with Crippen LogP contribution in [0.3, 0.4) is 0 Å². The minimum atomic E-state index is -0.527. The highest BCUT2D eigenvalue weighted by Crippen LogP contribution is 2.22. The van der Waals surface area contributed by atoms with Crippen LogP contribution in [0.1, 0.15) is 67.2 Å². The van der Waals surface area contributed by atoms with E-state index in [2.05, 4.69) is 36.3 Å². The Bertz CT molecular complexity index is 572. The van der Waals surface area contributed by atoms with Crippen LogP contribution in [0.2, 0.25) is 0 Å². The van der Waals surface area contributed by atoms with E-state index < -0.39 is 17.2 Å². The van der Waals surface area contributed by atoms with Gasteiger partial charge in [-0.2, -0.15) is 0 Å². The summed E-state index contributed by atoms with van der Waals surface area (Å²) in [6, 6.07) is 0. The van der Waals surface area contributed by atoms with Crippen LogP contribution in [0, 0.1) is 0 Å². The van der Waals surface area contributed by atoms with E-state index in [-0.39, 0.29) is 36.2 Å². The van der Waals surface area contributed by atoms with Crippen LogP contribution in [-0.2, 0) is 14.2 Å². The van der Waals surface area contributed by atoms with Crippen LogP contribution in [0.25, 0.3) is 0 Å². The minimum absolute atomic E-state index is 0. The van der Waals surface area contributed by atoms with Crippen molar-refractivity contribution >= 4 is 36.0 Å². The second-order valence-electron chi connectivity index (χ2n) is 9.19. The maximum absolute atomic E-state index is 12.4. The van der Waals surface area contributed by atoms with Gasteiger partial charge in [-0.1, -0.05) is 13.8 Å². The van der Waals surface area contributed by atoms with Gasteiger partial charge in [-0.3, -0.25) is 4.99 Å². The summed E-state index contributed by atoms with van der Waals surface area (Å²) in [6.45, 7) is 16.2. The SMILES string of the molecule is CCNC(=NCC(CC)(CC)NC(=O)OC(C)(C)C)N1CCOC(C2CCCO2)C1.I. The molecule has 0 bridgehead atoms. The van der Waals surface area contributed by atoms with Crippen LogP contribution >= 0.6 is 24.0 Å². The van der Waals surface area contributed by atoms with Crippen molar-refractivity contribution in [2.24, 2.45) is 4.99 Å². The van der Waals surface area contributed by atoms with Gasteiger partial charge in [-0.25, -0.2) is 4.79 Å². The molecule has 2 saturated heterocycles. The Hall–Kier alpha value is -0.810. The van der Waals surface area contributed by atoms with Crippen molar-refractivity contribution < 1.29 is 19.0 Å². The molecule has 0 radical (unpaired) electrons. The van der Waals surface area contributed by atoms with Gasteiger partial charge in [-0.15, -0.1) is 24.0 Å². The van der Waals surface area contributed by atoms with Crippen molar-refractivity contribution in [3.8, 4) is 0 Å². The van der Waals surface area contributed by atoms with Gasteiger partial charge in [0.25, 0.3) is 0 Å². The first kappa shape index (κ1) is 28.2. The van der Waals surface area contributed by atoms with Crippen LogP contribution in [0.15, 0.2) is 4.99 Å². The van der Waals surface area contributed by atoms with E-state index in [1.165, 1.54) is 0 Å². The summed E-state index contributed by atoms with van der Waals surface area (Å²) in [5.74, 6) is 0.862. The fourth-order valence-corrected chi connectivity index (χ4v) is 3.85. The fraction of sp³-hybridized carbons (Fsp3) is 0.909. The highest BCUT2D eigenvalue weighted by molar-refractivity contribution is 14.0. The Labute approximate surface area is 205 Å². The van der Waals surface area contributed by atoms with Gasteiger partial charge in [0.2, 0.25) is 0 Å². The van der Waals surface area contributed by atoms with Gasteiger partial charge < -0.3 is 29.7 Å². The zero-order valence-electron chi connectivity index (χ0n) is 20.2. The quantitative estimate of drug-likeness (QED) is 0.285.